The zero-order valence-electron chi connectivity index (χ0n) is 16.7. The number of piperazine rings is 1. The van der Waals surface area contributed by atoms with E-state index in [-0.39, 0.29) is 34.9 Å². The second kappa shape index (κ2) is 7.11. The van der Waals surface area contributed by atoms with Crippen LogP contribution in [-0.2, 0) is 4.79 Å². The molecule has 3 heterocycles. The van der Waals surface area contributed by atoms with E-state index in [1.807, 2.05) is 18.7 Å². The number of carbonyl (C=O) groups excluding carboxylic acids is 2. The molecule has 0 aromatic heterocycles. The lowest BCUT2D eigenvalue weighted by Crippen LogP contribution is -2.79. The lowest BCUT2D eigenvalue weighted by Gasteiger charge is -2.61. The number of rotatable bonds is 3. The Labute approximate surface area is 169 Å². The van der Waals surface area contributed by atoms with E-state index in [1.54, 1.807) is 17.0 Å². The Balaban J connectivity index is 1.57. The molecular weight excluding hydrogens is 374 g/mol. The molecule has 2 atom stereocenters. The monoisotopic (exact) mass is 401 g/mol. The summed E-state index contributed by atoms with van der Waals surface area (Å²) in [6.45, 7) is 6.37. The first-order valence-electron chi connectivity index (χ1n) is 10.1. The molecule has 2 amide bonds. The van der Waals surface area contributed by atoms with E-state index in [0.29, 0.717) is 44.7 Å². The fourth-order valence-electron chi connectivity index (χ4n) is 5.00. The maximum atomic E-state index is 13.2. The van der Waals surface area contributed by atoms with Gasteiger partial charge in [0.1, 0.15) is 0 Å². The Morgan fingerprint density at radius 3 is 2.38 bits per heavy atom. The molecule has 1 aromatic carbocycles. The van der Waals surface area contributed by atoms with Crippen molar-refractivity contribution in [1.29, 1.82) is 0 Å². The van der Waals surface area contributed by atoms with E-state index in [2.05, 4.69) is 4.90 Å². The predicted octanol–water partition coefficient (Wildman–Crippen LogP) is 0.513. The molecule has 1 aromatic rings. The highest BCUT2D eigenvalue weighted by atomic mass is 16.4. The van der Waals surface area contributed by atoms with Gasteiger partial charge in [-0.25, -0.2) is 4.79 Å². The van der Waals surface area contributed by atoms with Crippen LogP contribution in [-0.4, -0.2) is 93.1 Å². The SMILES string of the molecule is CC(C)C(=O)N1CC2(CN(C(=O)c3cccc(C(=O)O)c3)C[C@H]3C[C@@H](O)CN32)C1. The maximum absolute atomic E-state index is 13.2. The van der Waals surface area contributed by atoms with Crippen LogP contribution < -0.4 is 0 Å². The molecule has 3 fully saturated rings. The molecule has 0 radical (unpaired) electrons. The molecule has 8 heteroatoms. The first kappa shape index (κ1) is 19.8. The van der Waals surface area contributed by atoms with Crippen LogP contribution in [0.2, 0.25) is 0 Å². The number of β-amino-alcohol motifs (C(OH)–C–C–N with tert-alkyl or cyclic N) is 1. The number of aliphatic hydroxyl groups excluding tert-OH is 1. The topological polar surface area (TPSA) is 101 Å². The van der Waals surface area contributed by atoms with Crippen LogP contribution in [0.5, 0.6) is 0 Å². The first-order valence-corrected chi connectivity index (χ1v) is 10.1. The lowest BCUT2D eigenvalue weighted by atomic mass is 9.83. The Morgan fingerprint density at radius 1 is 1.07 bits per heavy atom. The Hall–Kier alpha value is -2.45. The van der Waals surface area contributed by atoms with E-state index in [1.165, 1.54) is 12.1 Å². The van der Waals surface area contributed by atoms with Gasteiger partial charge in [-0.2, -0.15) is 0 Å². The number of hydrogen-bond donors (Lipinski definition) is 2. The molecule has 156 valence electrons. The average molecular weight is 401 g/mol. The van der Waals surface area contributed by atoms with Crippen LogP contribution in [0.25, 0.3) is 0 Å². The van der Waals surface area contributed by atoms with Crippen LogP contribution in [0, 0.1) is 5.92 Å². The molecule has 1 spiro atoms. The van der Waals surface area contributed by atoms with Gasteiger partial charge < -0.3 is 20.0 Å². The summed E-state index contributed by atoms with van der Waals surface area (Å²) in [6.07, 6.45) is 0.163. The number of benzene rings is 1. The van der Waals surface area contributed by atoms with Gasteiger partial charge in [-0.15, -0.1) is 0 Å². The van der Waals surface area contributed by atoms with Crippen molar-refractivity contribution in [1.82, 2.24) is 14.7 Å². The molecule has 0 aliphatic carbocycles. The van der Waals surface area contributed by atoms with Gasteiger partial charge in [0.15, 0.2) is 0 Å². The summed E-state index contributed by atoms with van der Waals surface area (Å²) in [4.78, 5) is 42.7. The van der Waals surface area contributed by atoms with Crippen molar-refractivity contribution in [2.45, 2.75) is 38.0 Å². The molecule has 4 rings (SSSR count). The second-order valence-corrected chi connectivity index (χ2v) is 8.84. The third-order valence-corrected chi connectivity index (χ3v) is 6.34. The predicted molar refractivity (Wildman–Crippen MR) is 105 cm³/mol. The molecule has 2 N–H and O–H groups in total. The number of carbonyl (C=O) groups is 3. The summed E-state index contributed by atoms with van der Waals surface area (Å²) in [5, 5.41) is 19.4. The summed E-state index contributed by atoms with van der Waals surface area (Å²) >= 11 is 0. The van der Waals surface area contributed by atoms with Crippen molar-refractivity contribution >= 4 is 17.8 Å². The first-order chi connectivity index (χ1) is 13.7. The van der Waals surface area contributed by atoms with Gasteiger partial charge >= 0.3 is 5.97 Å². The summed E-state index contributed by atoms with van der Waals surface area (Å²) in [7, 11) is 0. The Kier molecular flexibility index (Phi) is 4.86. The quantitative estimate of drug-likeness (QED) is 0.766. The minimum atomic E-state index is -1.07. The molecule has 29 heavy (non-hydrogen) atoms. The van der Waals surface area contributed by atoms with Crippen molar-refractivity contribution in [2.75, 3.05) is 32.7 Å². The molecule has 3 aliphatic heterocycles. The number of carboxylic acid groups (broad SMARTS) is 1. The van der Waals surface area contributed by atoms with Gasteiger partial charge in [-0.1, -0.05) is 19.9 Å². The molecule has 0 bridgehead atoms. The highest BCUT2D eigenvalue weighted by Crippen LogP contribution is 2.39. The number of amides is 2. The second-order valence-electron chi connectivity index (χ2n) is 8.84. The zero-order valence-corrected chi connectivity index (χ0v) is 16.7. The van der Waals surface area contributed by atoms with Crippen molar-refractivity contribution in [2.24, 2.45) is 5.92 Å². The highest BCUT2D eigenvalue weighted by molar-refractivity contribution is 5.97. The largest absolute Gasteiger partial charge is 0.478 e. The summed E-state index contributed by atoms with van der Waals surface area (Å²) < 4.78 is 0. The summed E-state index contributed by atoms with van der Waals surface area (Å²) in [6, 6.07) is 6.12. The number of aliphatic hydroxyl groups is 1. The molecule has 0 unspecified atom stereocenters. The van der Waals surface area contributed by atoms with Gasteiger partial charge in [-0.3, -0.25) is 14.5 Å². The summed E-state index contributed by atoms with van der Waals surface area (Å²) in [5.41, 5.74) is 0.0877. The fourth-order valence-corrected chi connectivity index (χ4v) is 5.00. The van der Waals surface area contributed by atoms with Crippen LogP contribution in [0.3, 0.4) is 0 Å². The van der Waals surface area contributed by atoms with Crippen LogP contribution in [0.15, 0.2) is 24.3 Å². The average Bonchev–Trinajstić information content (AvgIpc) is 3.04. The Bertz CT molecular complexity index is 848. The smallest absolute Gasteiger partial charge is 0.335 e. The van der Waals surface area contributed by atoms with Gasteiger partial charge in [0, 0.05) is 50.2 Å². The number of hydrogen-bond acceptors (Lipinski definition) is 5. The normalized spacial score (nSPS) is 25.8. The molecule has 3 aliphatic rings. The van der Waals surface area contributed by atoms with Crippen molar-refractivity contribution < 1.29 is 24.6 Å². The van der Waals surface area contributed by atoms with E-state index in [4.69, 9.17) is 0 Å². The van der Waals surface area contributed by atoms with Crippen molar-refractivity contribution in [3.63, 3.8) is 0 Å². The Morgan fingerprint density at radius 2 is 1.72 bits per heavy atom. The van der Waals surface area contributed by atoms with Gasteiger partial charge in [0.2, 0.25) is 5.91 Å². The van der Waals surface area contributed by atoms with Crippen molar-refractivity contribution in [3.8, 4) is 0 Å². The zero-order chi connectivity index (χ0) is 20.9. The standard InChI is InChI=1S/C21H27N3O5/c1-13(2)18(26)23-11-21(12-23)10-22(8-16-7-17(25)9-24(16)21)19(27)14-4-3-5-15(6-14)20(28)29/h3-6,13,16-17,25H,7-12H2,1-2H3,(H,28,29)/t16-,17-/m1/s1. The highest BCUT2D eigenvalue weighted by Gasteiger charge is 2.57. The van der Waals surface area contributed by atoms with E-state index in [9.17, 15) is 24.6 Å². The molecule has 3 saturated heterocycles. The number of likely N-dealkylation sites (tertiary alicyclic amines) is 1. The summed E-state index contributed by atoms with van der Waals surface area (Å²) in [5.74, 6) is -1.25. The van der Waals surface area contributed by atoms with Gasteiger partial charge in [0.25, 0.3) is 5.91 Å². The molecular formula is C21H27N3O5. The van der Waals surface area contributed by atoms with Gasteiger partial charge in [-0.05, 0) is 24.6 Å². The number of fused-ring (bicyclic) bond motifs is 2. The number of nitrogens with zero attached hydrogens (tertiary/aromatic N) is 3. The van der Waals surface area contributed by atoms with E-state index >= 15 is 0 Å². The van der Waals surface area contributed by atoms with E-state index < -0.39 is 12.1 Å². The van der Waals surface area contributed by atoms with Crippen molar-refractivity contribution in [3.05, 3.63) is 35.4 Å². The number of aromatic carboxylic acids is 1. The molecule has 8 nitrogen and oxygen atoms in total. The maximum Gasteiger partial charge on any atom is 0.335 e. The number of carboxylic acids is 1. The minimum absolute atomic E-state index is 0.0432. The fraction of sp³-hybridized carbons (Fsp3) is 0.571. The van der Waals surface area contributed by atoms with E-state index in [0.717, 1.165) is 0 Å². The van der Waals surface area contributed by atoms with Crippen LogP contribution in [0.4, 0.5) is 0 Å². The van der Waals surface area contributed by atoms with Crippen LogP contribution >= 0.6 is 0 Å². The molecule has 0 saturated carbocycles. The van der Waals surface area contributed by atoms with Crippen LogP contribution in [0.1, 0.15) is 41.0 Å². The third-order valence-electron chi connectivity index (χ3n) is 6.34. The van der Waals surface area contributed by atoms with Gasteiger partial charge in [0.05, 0.1) is 17.2 Å². The third kappa shape index (κ3) is 3.40. The minimum Gasteiger partial charge on any atom is -0.478 e. The lowest BCUT2D eigenvalue weighted by molar-refractivity contribution is -0.157.